The largest absolute Gasteiger partial charge is 0.480 e. The van der Waals surface area contributed by atoms with Gasteiger partial charge in [-0.3, -0.25) is 4.79 Å². The van der Waals surface area contributed by atoms with Crippen LogP contribution in [0.25, 0.3) is 0 Å². The number of hydrogen-bond donors (Lipinski definition) is 2. The van der Waals surface area contributed by atoms with Crippen molar-refractivity contribution in [3.05, 3.63) is 0 Å². The van der Waals surface area contributed by atoms with Gasteiger partial charge in [-0.25, -0.2) is 0 Å². The molecule has 0 amide bonds. The van der Waals surface area contributed by atoms with Crippen LogP contribution in [-0.2, 0) is 4.79 Å². The minimum Gasteiger partial charge on any atom is -0.480 e. The fraction of sp³-hybridized carbons (Fsp3) is 0.857. The van der Waals surface area contributed by atoms with Crippen LogP contribution in [0.1, 0.15) is 6.42 Å². The molecule has 3 nitrogen and oxygen atoms in total. The summed E-state index contributed by atoms with van der Waals surface area (Å²) in [5.74, 6) is -0.1000. The summed E-state index contributed by atoms with van der Waals surface area (Å²) in [7, 11) is 5.36. The normalized spacial score (nSPS) is 11.4. The Labute approximate surface area is 102 Å². The zero-order chi connectivity index (χ0) is 11.4. The van der Waals surface area contributed by atoms with Crippen LogP contribution in [0.4, 0.5) is 0 Å². The van der Waals surface area contributed by atoms with E-state index in [1.165, 1.54) is 0 Å². The summed E-state index contributed by atoms with van der Waals surface area (Å²) < 4.78 is 0. The average molecular weight is 275 g/mol. The molecule has 0 rings (SSSR count). The third-order valence-corrected chi connectivity index (χ3v) is 5.27. The Bertz CT molecular complexity index is 135. The number of carboxylic acids is 1. The monoisotopic (exact) mass is 275 g/mol. The zero-order valence-electron chi connectivity index (χ0n) is 8.56. The minimum atomic E-state index is -0.913. The smallest absolute Gasteiger partial charge is 0.320 e. The lowest BCUT2D eigenvalue weighted by Crippen LogP contribution is -2.30. The molecule has 0 aliphatic carbocycles. The van der Waals surface area contributed by atoms with E-state index in [0.29, 0.717) is 6.42 Å². The van der Waals surface area contributed by atoms with Crippen LogP contribution in [0, 0.1) is 0 Å². The zero-order valence-corrected chi connectivity index (χ0v) is 11.8. The molecule has 1 unspecified atom stereocenters. The van der Waals surface area contributed by atoms with E-state index in [9.17, 15) is 4.79 Å². The van der Waals surface area contributed by atoms with Gasteiger partial charge in [0.2, 0.25) is 0 Å². The van der Waals surface area contributed by atoms with Crippen LogP contribution in [-0.4, -0.2) is 41.6 Å². The van der Waals surface area contributed by atoms with Crippen molar-refractivity contribution < 1.29 is 9.90 Å². The number of thioether (sulfide) groups is 1. The summed E-state index contributed by atoms with van der Waals surface area (Å²) in [6, 6.07) is -0.683. The van der Waals surface area contributed by atoms with Crippen molar-refractivity contribution >= 4 is 49.1 Å². The van der Waals surface area contributed by atoms with E-state index in [1.54, 1.807) is 43.2 Å². The van der Waals surface area contributed by atoms with Gasteiger partial charge in [-0.15, -0.1) is 0 Å². The fourth-order valence-electron chi connectivity index (χ4n) is 0.436. The lowest BCUT2D eigenvalue weighted by Gasteiger charge is -2.02. The Kier molecular flexibility index (Phi) is 17.0. The molecule has 0 heterocycles. The molecular weight excluding hydrogens is 258 g/mol. The first-order chi connectivity index (χ1) is 6.59. The van der Waals surface area contributed by atoms with Crippen LogP contribution >= 0.6 is 43.2 Å². The van der Waals surface area contributed by atoms with Gasteiger partial charge in [0.15, 0.2) is 0 Å². The number of rotatable bonds is 6. The number of carboxylic acid groups (broad SMARTS) is 1. The van der Waals surface area contributed by atoms with Gasteiger partial charge in [0, 0.05) is 0 Å². The first-order valence-corrected chi connectivity index (χ1v) is 9.50. The highest BCUT2D eigenvalue weighted by Gasteiger charge is 2.08. The van der Waals surface area contributed by atoms with Crippen molar-refractivity contribution in [3.63, 3.8) is 0 Å². The van der Waals surface area contributed by atoms with E-state index >= 15 is 0 Å². The Morgan fingerprint density at radius 2 is 1.86 bits per heavy atom. The molecule has 3 N–H and O–H groups in total. The van der Waals surface area contributed by atoms with E-state index in [0.717, 1.165) is 5.75 Å². The van der Waals surface area contributed by atoms with Crippen LogP contribution in [0.2, 0.25) is 0 Å². The highest BCUT2D eigenvalue weighted by atomic mass is 33.5. The Morgan fingerprint density at radius 3 is 2.07 bits per heavy atom. The van der Waals surface area contributed by atoms with Crippen molar-refractivity contribution in [2.75, 3.05) is 24.5 Å². The molecule has 0 saturated carbocycles. The van der Waals surface area contributed by atoms with Crippen molar-refractivity contribution in [3.8, 4) is 0 Å². The van der Waals surface area contributed by atoms with E-state index < -0.39 is 12.0 Å². The second-order valence-electron chi connectivity index (χ2n) is 2.13. The third-order valence-electron chi connectivity index (χ3n) is 1.09. The number of carbonyl (C=O) groups is 1. The standard InChI is InChI=1S/C5H11NO2S.C2H6S3/c1-9-3-2-4(6)5(7)8;1-3-5-4-2/h4H,2-3,6H2,1H3,(H,7,8);1-2H3. The SMILES string of the molecule is CSCCC(N)C(=O)O.CSSSC. The molecule has 7 heteroatoms. The molecule has 0 radical (unpaired) electrons. The first-order valence-electron chi connectivity index (χ1n) is 3.80. The summed E-state index contributed by atoms with van der Waals surface area (Å²) in [5.41, 5.74) is 5.19. The fourth-order valence-corrected chi connectivity index (χ4v) is 2.70. The molecule has 14 heavy (non-hydrogen) atoms. The van der Waals surface area contributed by atoms with Crippen molar-refractivity contribution in [2.45, 2.75) is 12.5 Å². The van der Waals surface area contributed by atoms with Crippen molar-refractivity contribution in [1.29, 1.82) is 0 Å². The van der Waals surface area contributed by atoms with Gasteiger partial charge >= 0.3 is 5.97 Å². The molecule has 0 bridgehead atoms. The maximum Gasteiger partial charge on any atom is 0.320 e. The number of nitrogens with two attached hydrogens (primary N) is 1. The van der Waals surface area contributed by atoms with E-state index in [-0.39, 0.29) is 0 Å². The van der Waals surface area contributed by atoms with Crippen LogP contribution < -0.4 is 5.73 Å². The molecule has 0 saturated heterocycles. The highest BCUT2D eigenvalue weighted by Crippen LogP contribution is 2.28. The maximum atomic E-state index is 10.1. The van der Waals surface area contributed by atoms with E-state index in [2.05, 4.69) is 12.5 Å². The second kappa shape index (κ2) is 13.8. The second-order valence-corrected chi connectivity index (χ2v) is 7.55. The minimum absolute atomic E-state index is 0.552. The summed E-state index contributed by atoms with van der Waals surface area (Å²) >= 11 is 1.60. The van der Waals surface area contributed by atoms with Gasteiger partial charge in [-0.1, -0.05) is 21.6 Å². The molecule has 0 aromatic carbocycles. The molecule has 0 aliphatic heterocycles. The van der Waals surface area contributed by atoms with Gasteiger partial charge < -0.3 is 10.8 Å². The molecule has 0 aromatic heterocycles. The number of hydrogen-bond acceptors (Lipinski definition) is 6. The van der Waals surface area contributed by atoms with Crippen LogP contribution in [0.15, 0.2) is 0 Å². The molecule has 86 valence electrons. The van der Waals surface area contributed by atoms with Gasteiger partial charge in [-0.05, 0) is 40.8 Å². The van der Waals surface area contributed by atoms with Gasteiger partial charge in [0.05, 0.1) is 0 Å². The van der Waals surface area contributed by atoms with Crippen LogP contribution in [0.3, 0.4) is 0 Å². The highest BCUT2D eigenvalue weighted by molar-refractivity contribution is 9.09. The van der Waals surface area contributed by atoms with Gasteiger partial charge in [0.25, 0.3) is 0 Å². The van der Waals surface area contributed by atoms with Crippen LogP contribution in [0.5, 0.6) is 0 Å². The predicted molar refractivity (Wildman–Crippen MR) is 73.2 cm³/mol. The van der Waals surface area contributed by atoms with E-state index in [1.807, 2.05) is 6.26 Å². The van der Waals surface area contributed by atoms with Crippen molar-refractivity contribution in [2.24, 2.45) is 5.73 Å². The third kappa shape index (κ3) is 15.3. The topological polar surface area (TPSA) is 63.3 Å². The Hall–Kier alpha value is 0.830. The summed E-state index contributed by atoms with van der Waals surface area (Å²) in [6.45, 7) is 0. The summed E-state index contributed by atoms with van der Waals surface area (Å²) in [4.78, 5) is 10.1. The van der Waals surface area contributed by atoms with E-state index in [4.69, 9.17) is 10.8 Å². The van der Waals surface area contributed by atoms with Gasteiger partial charge in [0.1, 0.15) is 6.04 Å². The van der Waals surface area contributed by atoms with Gasteiger partial charge in [-0.2, -0.15) is 11.8 Å². The molecule has 0 aromatic rings. The lowest BCUT2D eigenvalue weighted by atomic mass is 10.2. The summed E-state index contributed by atoms with van der Waals surface area (Å²) in [6.07, 6.45) is 6.62. The van der Waals surface area contributed by atoms with Crippen molar-refractivity contribution in [1.82, 2.24) is 0 Å². The average Bonchev–Trinajstić information content (AvgIpc) is 2.16. The molecule has 0 aliphatic rings. The predicted octanol–water partition coefficient (Wildman–Crippen LogP) is 2.43. The Morgan fingerprint density at radius 1 is 1.36 bits per heavy atom. The molecule has 0 fully saturated rings. The maximum absolute atomic E-state index is 10.1. The quantitative estimate of drug-likeness (QED) is 0.722. The molecule has 1 atom stereocenters. The lowest BCUT2D eigenvalue weighted by molar-refractivity contribution is -0.138. The molecule has 0 spiro atoms. The first kappa shape index (κ1) is 17.2. The number of aliphatic carboxylic acids is 1. The molecular formula is C7H17NO2S4. The Balaban J connectivity index is 0. The summed E-state index contributed by atoms with van der Waals surface area (Å²) in [5, 5.41) is 8.27.